The second-order valence-corrected chi connectivity index (χ2v) is 9.38. The summed E-state index contributed by atoms with van der Waals surface area (Å²) in [6.07, 6.45) is 5.13. The Balaban J connectivity index is 1.38. The lowest BCUT2D eigenvalue weighted by Gasteiger charge is -2.11. The summed E-state index contributed by atoms with van der Waals surface area (Å²) in [6.45, 7) is 3.22. The number of pyridine rings is 3. The maximum Gasteiger partial charge on any atom is 0.161 e. The van der Waals surface area contributed by atoms with E-state index < -0.39 is 0 Å². The summed E-state index contributed by atoms with van der Waals surface area (Å²) in [5.41, 5.74) is 7.05. The molecule has 5 heterocycles. The van der Waals surface area contributed by atoms with Crippen molar-refractivity contribution in [3.8, 4) is 39.8 Å². The SMILES string of the molecule is Cc1cc(F)cc(-c2nccc3[nH]c(-c4n[nH]c5ccc(-c6cncc(OCCN(C)C)c6)nc45)nc23)c1. The lowest BCUT2D eigenvalue weighted by atomic mass is 10.1. The van der Waals surface area contributed by atoms with Gasteiger partial charge in [0, 0.05) is 30.1 Å². The van der Waals surface area contributed by atoms with E-state index >= 15 is 0 Å². The van der Waals surface area contributed by atoms with E-state index in [1.54, 1.807) is 18.6 Å². The van der Waals surface area contributed by atoms with Crippen LogP contribution in [0.15, 0.2) is 61.1 Å². The molecule has 10 heteroatoms. The minimum absolute atomic E-state index is 0.314. The summed E-state index contributed by atoms with van der Waals surface area (Å²) in [5.74, 6) is 0.909. The van der Waals surface area contributed by atoms with Gasteiger partial charge in [-0.05, 0) is 69.0 Å². The van der Waals surface area contributed by atoms with Crippen molar-refractivity contribution in [2.75, 3.05) is 27.2 Å². The van der Waals surface area contributed by atoms with E-state index in [-0.39, 0.29) is 5.82 Å². The van der Waals surface area contributed by atoms with Crippen molar-refractivity contribution < 1.29 is 9.13 Å². The molecule has 0 spiro atoms. The Hall–Kier alpha value is -4.70. The molecule has 0 atom stereocenters. The summed E-state index contributed by atoms with van der Waals surface area (Å²) in [5, 5.41) is 7.53. The highest BCUT2D eigenvalue weighted by Gasteiger charge is 2.18. The number of rotatable bonds is 7. The van der Waals surface area contributed by atoms with E-state index in [1.165, 1.54) is 12.1 Å². The third-order valence-electron chi connectivity index (χ3n) is 6.16. The van der Waals surface area contributed by atoms with Gasteiger partial charge in [0.1, 0.15) is 29.2 Å². The highest BCUT2D eigenvalue weighted by Crippen LogP contribution is 2.31. The first-order valence-corrected chi connectivity index (χ1v) is 12.2. The van der Waals surface area contributed by atoms with Crippen molar-refractivity contribution in [1.82, 2.24) is 40.0 Å². The fourth-order valence-electron chi connectivity index (χ4n) is 4.34. The smallest absolute Gasteiger partial charge is 0.161 e. The van der Waals surface area contributed by atoms with E-state index in [4.69, 9.17) is 14.7 Å². The zero-order valence-electron chi connectivity index (χ0n) is 21.2. The van der Waals surface area contributed by atoms with Crippen LogP contribution in [0.1, 0.15) is 5.56 Å². The molecule has 5 aromatic heterocycles. The van der Waals surface area contributed by atoms with Gasteiger partial charge < -0.3 is 14.6 Å². The van der Waals surface area contributed by atoms with Crippen molar-refractivity contribution in [1.29, 1.82) is 0 Å². The number of nitrogens with one attached hydrogen (secondary N) is 2. The quantitative estimate of drug-likeness (QED) is 0.312. The van der Waals surface area contributed by atoms with Crippen LogP contribution < -0.4 is 4.74 Å². The van der Waals surface area contributed by atoms with Crippen LogP contribution in [0.2, 0.25) is 0 Å². The zero-order chi connectivity index (χ0) is 26.2. The number of aromatic nitrogens is 7. The van der Waals surface area contributed by atoms with E-state index in [0.29, 0.717) is 46.2 Å². The summed E-state index contributed by atoms with van der Waals surface area (Å²) >= 11 is 0. The van der Waals surface area contributed by atoms with Crippen LogP contribution >= 0.6 is 0 Å². The Morgan fingerprint density at radius 3 is 2.63 bits per heavy atom. The Morgan fingerprint density at radius 2 is 1.79 bits per heavy atom. The van der Waals surface area contributed by atoms with Crippen LogP contribution in [0.4, 0.5) is 4.39 Å². The number of likely N-dealkylation sites (N-methyl/N-ethyl adjacent to an activating group) is 1. The Morgan fingerprint density at radius 1 is 0.921 bits per heavy atom. The Kier molecular flexibility index (Phi) is 6.01. The molecule has 0 aliphatic rings. The molecule has 0 saturated carbocycles. The molecule has 190 valence electrons. The third-order valence-corrected chi connectivity index (χ3v) is 6.16. The van der Waals surface area contributed by atoms with Crippen molar-refractivity contribution in [3.63, 3.8) is 0 Å². The molecule has 0 aliphatic carbocycles. The van der Waals surface area contributed by atoms with Gasteiger partial charge in [-0.2, -0.15) is 5.10 Å². The average molecular weight is 509 g/mol. The van der Waals surface area contributed by atoms with E-state index in [1.807, 2.05) is 51.4 Å². The van der Waals surface area contributed by atoms with Crippen LogP contribution in [-0.4, -0.2) is 67.3 Å². The maximum absolute atomic E-state index is 14.1. The number of aryl methyl sites for hydroxylation is 1. The number of fused-ring (bicyclic) bond motifs is 2. The number of nitrogens with zero attached hydrogens (tertiary/aromatic N) is 6. The van der Waals surface area contributed by atoms with Crippen LogP contribution in [0.5, 0.6) is 5.75 Å². The number of benzene rings is 1. The molecule has 0 fully saturated rings. The van der Waals surface area contributed by atoms with Gasteiger partial charge in [0.2, 0.25) is 0 Å². The van der Waals surface area contributed by atoms with Crippen molar-refractivity contribution >= 4 is 22.1 Å². The van der Waals surface area contributed by atoms with Crippen LogP contribution in [-0.2, 0) is 0 Å². The van der Waals surface area contributed by atoms with Crippen molar-refractivity contribution in [2.24, 2.45) is 0 Å². The summed E-state index contributed by atoms with van der Waals surface area (Å²) in [7, 11) is 4.00. The van der Waals surface area contributed by atoms with Crippen LogP contribution in [0.3, 0.4) is 0 Å². The minimum Gasteiger partial charge on any atom is -0.491 e. The standard InChI is InChI=1S/C28H25FN8O/c1-16-10-17(12-19(29)11-16)24-25-22(6-7-31-24)33-28(34-25)27-26-23(35-36-27)5-4-21(32-26)18-13-20(15-30-14-18)38-9-8-37(2)3/h4-7,10-15H,8-9H2,1-3H3,(H,33,34)(H,35,36). The second kappa shape index (κ2) is 9.64. The summed E-state index contributed by atoms with van der Waals surface area (Å²) in [4.78, 5) is 23.9. The number of halogens is 1. The molecular weight excluding hydrogens is 483 g/mol. The molecule has 0 saturated heterocycles. The van der Waals surface area contributed by atoms with Gasteiger partial charge in [0.25, 0.3) is 0 Å². The van der Waals surface area contributed by atoms with Gasteiger partial charge in [-0.15, -0.1) is 0 Å². The molecule has 0 unspecified atom stereocenters. The molecule has 2 N–H and O–H groups in total. The third kappa shape index (κ3) is 4.57. The monoisotopic (exact) mass is 508 g/mol. The van der Waals surface area contributed by atoms with E-state index in [0.717, 1.165) is 34.4 Å². The number of aromatic amines is 2. The summed E-state index contributed by atoms with van der Waals surface area (Å²) in [6, 6.07) is 12.5. The number of hydrogen-bond acceptors (Lipinski definition) is 7. The molecule has 0 radical (unpaired) electrons. The average Bonchev–Trinajstić information content (AvgIpc) is 3.51. The van der Waals surface area contributed by atoms with Crippen molar-refractivity contribution in [3.05, 3.63) is 72.4 Å². The normalized spacial score (nSPS) is 11.6. The minimum atomic E-state index is -0.314. The van der Waals surface area contributed by atoms with Gasteiger partial charge in [0.05, 0.1) is 28.6 Å². The van der Waals surface area contributed by atoms with Crippen LogP contribution in [0.25, 0.3) is 56.1 Å². The molecule has 0 amide bonds. The van der Waals surface area contributed by atoms with Gasteiger partial charge in [-0.25, -0.2) is 14.4 Å². The molecular formula is C28H25FN8O. The van der Waals surface area contributed by atoms with E-state index in [9.17, 15) is 4.39 Å². The van der Waals surface area contributed by atoms with Crippen molar-refractivity contribution in [2.45, 2.75) is 6.92 Å². The first-order valence-electron chi connectivity index (χ1n) is 12.2. The van der Waals surface area contributed by atoms with Crippen LogP contribution in [0, 0.1) is 12.7 Å². The lowest BCUT2D eigenvalue weighted by molar-refractivity contribution is 0.261. The van der Waals surface area contributed by atoms with Gasteiger partial charge in [-0.1, -0.05) is 0 Å². The van der Waals surface area contributed by atoms with Gasteiger partial charge in [0.15, 0.2) is 11.5 Å². The maximum atomic E-state index is 14.1. The number of ether oxygens (including phenoxy) is 1. The predicted molar refractivity (Wildman–Crippen MR) is 144 cm³/mol. The highest BCUT2D eigenvalue weighted by molar-refractivity contribution is 5.95. The highest BCUT2D eigenvalue weighted by atomic mass is 19.1. The fraction of sp³-hybridized carbons (Fsp3) is 0.179. The zero-order valence-corrected chi connectivity index (χ0v) is 21.2. The second-order valence-electron chi connectivity index (χ2n) is 9.38. The molecule has 0 aliphatic heterocycles. The van der Waals surface area contributed by atoms with Gasteiger partial charge in [-0.3, -0.25) is 15.1 Å². The molecule has 9 nitrogen and oxygen atoms in total. The molecule has 38 heavy (non-hydrogen) atoms. The first-order chi connectivity index (χ1) is 18.4. The predicted octanol–water partition coefficient (Wildman–Crippen LogP) is 5.01. The number of hydrogen-bond donors (Lipinski definition) is 2. The topological polar surface area (TPSA) is 108 Å². The van der Waals surface area contributed by atoms with Gasteiger partial charge >= 0.3 is 0 Å². The Bertz CT molecular complexity index is 1750. The number of imidazole rings is 1. The molecule has 6 rings (SSSR count). The largest absolute Gasteiger partial charge is 0.491 e. The first kappa shape index (κ1) is 23.7. The van der Waals surface area contributed by atoms with E-state index in [2.05, 4.69) is 30.0 Å². The number of H-pyrrole nitrogens is 2. The lowest BCUT2D eigenvalue weighted by Crippen LogP contribution is -2.19. The molecule has 6 aromatic rings. The summed E-state index contributed by atoms with van der Waals surface area (Å²) < 4.78 is 20.0. The Labute approximate surface area is 217 Å². The molecule has 0 bridgehead atoms. The fourth-order valence-corrected chi connectivity index (χ4v) is 4.34. The molecule has 1 aromatic carbocycles.